The van der Waals surface area contributed by atoms with Gasteiger partial charge in [0, 0.05) is 22.6 Å². The Morgan fingerprint density at radius 3 is 2.47 bits per heavy atom. The first-order chi connectivity index (χ1) is 16.3. The highest BCUT2D eigenvalue weighted by atomic mass is 35.5. The summed E-state index contributed by atoms with van der Waals surface area (Å²) in [6, 6.07) is 16.5. The van der Waals surface area contributed by atoms with Gasteiger partial charge in [-0.25, -0.2) is 18.1 Å². The van der Waals surface area contributed by atoms with E-state index in [1.165, 1.54) is 12.3 Å². The lowest BCUT2D eigenvalue weighted by atomic mass is 10.1. The minimum absolute atomic E-state index is 0.0557. The van der Waals surface area contributed by atoms with Crippen LogP contribution in [0.4, 0.5) is 11.4 Å². The molecule has 0 atom stereocenters. The van der Waals surface area contributed by atoms with Crippen LogP contribution in [0, 0.1) is 6.92 Å². The highest BCUT2D eigenvalue weighted by Gasteiger charge is 2.21. The number of benzene rings is 2. The van der Waals surface area contributed by atoms with E-state index in [4.69, 9.17) is 11.6 Å². The maximum absolute atomic E-state index is 13.0. The number of sulfonamides is 1. The quantitative estimate of drug-likeness (QED) is 0.381. The van der Waals surface area contributed by atoms with Crippen LogP contribution >= 0.6 is 11.6 Å². The Hall–Kier alpha value is -3.69. The Balaban J connectivity index is 1.60. The molecule has 1 amide bonds. The lowest BCUT2D eigenvalue weighted by Crippen LogP contribution is -2.17. The Labute approximate surface area is 202 Å². The molecule has 0 aliphatic rings. The fourth-order valence-electron chi connectivity index (χ4n) is 3.47. The van der Waals surface area contributed by atoms with Crippen LogP contribution in [-0.4, -0.2) is 29.1 Å². The van der Waals surface area contributed by atoms with Crippen LogP contribution in [0.2, 0.25) is 5.02 Å². The smallest absolute Gasteiger partial charge is 0.262 e. The molecule has 0 saturated carbocycles. The molecule has 8 nitrogen and oxygen atoms in total. The molecule has 0 spiro atoms. The molecule has 4 aromatic rings. The van der Waals surface area contributed by atoms with E-state index in [1.807, 2.05) is 13.0 Å². The van der Waals surface area contributed by atoms with Crippen molar-refractivity contribution in [2.45, 2.75) is 25.2 Å². The molecule has 2 heterocycles. The molecule has 0 bridgehead atoms. The number of halogens is 1. The van der Waals surface area contributed by atoms with Crippen molar-refractivity contribution in [3.63, 3.8) is 0 Å². The van der Waals surface area contributed by atoms with E-state index >= 15 is 0 Å². The van der Waals surface area contributed by atoms with E-state index < -0.39 is 15.9 Å². The van der Waals surface area contributed by atoms with Crippen molar-refractivity contribution in [1.82, 2.24) is 14.8 Å². The molecule has 2 aromatic heterocycles. The van der Waals surface area contributed by atoms with E-state index in [1.54, 1.807) is 66.3 Å². The summed E-state index contributed by atoms with van der Waals surface area (Å²) < 4.78 is 30.2. The highest BCUT2D eigenvalue weighted by molar-refractivity contribution is 7.92. The van der Waals surface area contributed by atoms with Gasteiger partial charge in [0.15, 0.2) is 5.82 Å². The third kappa shape index (κ3) is 4.95. The first-order valence-electron chi connectivity index (χ1n) is 10.5. The van der Waals surface area contributed by atoms with E-state index in [9.17, 15) is 13.2 Å². The zero-order valence-corrected chi connectivity index (χ0v) is 20.1. The molecule has 0 radical (unpaired) electrons. The molecular formula is C24H22ClN5O3S. The summed E-state index contributed by atoms with van der Waals surface area (Å²) in [7, 11) is -3.89. The number of aryl methyl sites for hydroxylation is 1. The molecule has 174 valence electrons. The van der Waals surface area contributed by atoms with Gasteiger partial charge in [0.25, 0.3) is 15.9 Å². The van der Waals surface area contributed by atoms with Gasteiger partial charge < -0.3 is 5.32 Å². The molecule has 4 rings (SSSR count). The lowest BCUT2D eigenvalue weighted by Gasteiger charge is -2.13. The standard InChI is InChI=1S/C24H22ClN5O3S/c1-3-21-20(15-27-30(21)23-6-4-5-13-26-23)24(31)28-19-10-7-16(2)22(14-19)34(32,33)29-18-11-8-17(25)9-12-18/h4-15,29H,3H2,1-2H3,(H,28,31). The molecule has 0 aliphatic heterocycles. The third-order valence-corrected chi connectivity index (χ3v) is 6.92. The molecule has 0 fully saturated rings. The lowest BCUT2D eigenvalue weighted by molar-refractivity contribution is 0.102. The summed E-state index contributed by atoms with van der Waals surface area (Å²) in [5.74, 6) is 0.215. The molecule has 10 heteroatoms. The first kappa shape index (κ1) is 23.5. The third-order valence-electron chi connectivity index (χ3n) is 5.15. The Morgan fingerprint density at radius 1 is 1.06 bits per heavy atom. The minimum Gasteiger partial charge on any atom is -0.322 e. The number of pyridine rings is 1. The molecule has 2 N–H and O–H groups in total. The van der Waals surface area contributed by atoms with Crippen LogP contribution in [0.3, 0.4) is 0 Å². The second-order valence-electron chi connectivity index (χ2n) is 7.51. The summed E-state index contributed by atoms with van der Waals surface area (Å²) in [5, 5.41) is 7.61. The zero-order chi connectivity index (χ0) is 24.3. The van der Waals surface area contributed by atoms with Crippen molar-refractivity contribution in [1.29, 1.82) is 0 Å². The van der Waals surface area contributed by atoms with Gasteiger partial charge in [-0.05, 0) is 67.4 Å². The van der Waals surface area contributed by atoms with Crippen LogP contribution in [0.5, 0.6) is 0 Å². The number of amides is 1. The van der Waals surface area contributed by atoms with Crippen molar-refractivity contribution in [2.75, 3.05) is 10.0 Å². The summed E-state index contributed by atoms with van der Waals surface area (Å²) in [4.78, 5) is 17.4. The second-order valence-corrected chi connectivity index (χ2v) is 9.59. The highest BCUT2D eigenvalue weighted by Crippen LogP contribution is 2.25. The zero-order valence-electron chi connectivity index (χ0n) is 18.5. The fraction of sp³-hybridized carbons (Fsp3) is 0.125. The predicted molar refractivity (Wildman–Crippen MR) is 132 cm³/mol. The summed E-state index contributed by atoms with van der Waals surface area (Å²) in [6.45, 7) is 3.61. The van der Waals surface area contributed by atoms with E-state index in [0.717, 1.165) is 0 Å². The summed E-state index contributed by atoms with van der Waals surface area (Å²) >= 11 is 5.88. The SMILES string of the molecule is CCc1c(C(=O)Nc2ccc(C)c(S(=O)(=O)Nc3ccc(Cl)cc3)c2)cnn1-c1ccccn1. The van der Waals surface area contributed by atoms with Gasteiger partial charge in [0.1, 0.15) is 0 Å². The van der Waals surface area contributed by atoms with Crippen LogP contribution in [0.15, 0.2) is 78.0 Å². The van der Waals surface area contributed by atoms with E-state index in [-0.39, 0.29) is 4.90 Å². The van der Waals surface area contributed by atoms with Gasteiger partial charge in [0.2, 0.25) is 0 Å². The van der Waals surface area contributed by atoms with Crippen LogP contribution in [0.1, 0.15) is 28.5 Å². The Kier molecular flexibility index (Phi) is 6.67. The second kappa shape index (κ2) is 9.66. The van der Waals surface area contributed by atoms with Crippen molar-refractivity contribution >= 4 is 38.9 Å². The molecule has 34 heavy (non-hydrogen) atoms. The summed E-state index contributed by atoms with van der Waals surface area (Å²) in [5.41, 5.74) is 2.35. The monoisotopic (exact) mass is 495 g/mol. The number of carbonyl (C=O) groups excluding carboxylic acids is 1. The van der Waals surface area contributed by atoms with Gasteiger partial charge in [-0.2, -0.15) is 5.10 Å². The van der Waals surface area contributed by atoms with Crippen molar-refractivity contribution < 1.29 is 13.2 Å². The van der Waals surface area contributed by atoms with Gasteiger partial charge in [-0.3, -0.25) is 9.52 Å². The van der Waals surface area contributed by atoms with E-state index in [0.29, 0.717) is 45.5 Å². The topological polar surface area (TPSA) is 106 Å². The van der Waals surface area contributed by atoms with Crippen LogP contribution < -0.4 is 10.0 Å². The van der Waals surface area contributed by atoms with Crippen LogP contribution in [-0.2, 0) is 16.4 Å². The van der Waals surface area contributed by atoms with Crippen LogP contribution in [0.25, 0.3) is 5.82 Å². The van der Waals surface area contributed by atoms with Gasteiger partial charge in [-0.15, -0.1) is 0 Å². The molecule has 0 unspecified atom stereocenters. The van der Waals surface area contributed by atoms with Gasteiger partial charge >= 0.3 is 0 Å². The van der Waals surface area contributed by atoms with Crippen molar-refractivity contribution in [3.05, 3.63) is 94.9 Å². The molecular weight excluding hydrogens is 474 g/mol. The van der Waals surface area contributed by atoms with Gasteiger partial charge in [0.05, 0.1) is 22.3 Å². The maximum atomic E-state index is 13.0. The fourth-order valence-corrected chi connectivity index (χ4v) is 4.93. The molecule has 0 aliphatic carbocycles. The Morgan fingerprint density at radius 2 is 1.79 bits per heavy atom. The number of hydrogen-bond acceptors (Lipinski definition) is 5. The number of carbonyl (C=O) groups is 1. The normalized spacial score (nSPS) is 11.3. The predicted octanol–water partition coefficient (Wildman–Crippen LogP) is 4.84. The van der Waals surface area contributed by atoms with E-state index in [2.05, 4.69) is 20.1 Å². The first-order valence-corrected chi connectivity index (χ1v) is 12.3. The summed E-state index contributed by atoms with van der Waals surface area (Å²) in [6.07, 6.45) is 3.69. The van der Waals surface area contributed by atoms with Crippen molar-refractivity contribution in [2.24, 2.45) is 0 Å². The number of aromatic nitrogens is 3. The molecule has 2 aromatic carbocycles. The maximum Gasteiger partial charge on any atom is 0.262 e. The number of nitrogens with one attached hydrogen (secondary N) is 2. The number of rotatable bonds is 7. The average Bonchev–Trinajstić information content (AvgIpc) is 3.26. The largest absolute Gasteiger partial charge is 0.322 e. The van der Waals surface area contributed by atoms with Gasteiger partial charge in [-0.1, -0.05) is 30.7 Å². The number of hydrogen-bond donors (Lipinski definition) is 2. The number of nitrogens with zero attached hydrogens (tertiary/aromatic N) is 3. The average molecular weight is 496 g/mol. The minimum atomic E-state index is -3.89. The molecule has 0 saturated heterocycles. The van der Waals surface area contributed by atoms with Crippen molar-refractivity contribution in [3.8, 4) is 5.82 Å². The number of anilines is 2. The Bertz CT molecular complexity index is 1440.